The minimum Gasteiger partial charge on any atom is -0.493 e. The summed E-state index contributed by atoms with van der Waals surface area (Å²) in [6.07, 6.45) is 4.64. The molecule has 0 bridgehead atoms. The van der Waals surface area contributed by atoms with Crippen LogP contribution in [0.25, 0.3) is 23.0 Å². The maximum absolute atomic E-state index is 13.1. The van der Waals surface area contributed by atoms with Gasteiger partial charge in [-0.25, -0.2) is 9.18 Å². The number of nitrogens with one attached hydrogen (secondary N) is 1. The van der Waals surface area contributed by atoms with Crippen molar-refractivity contribution in [3.63, 3.8) is 0 Å². The van der Waals surface area contributed by atoms with Crippen LogP contribution < -0.4 is 15.2 Å². The quantitative estimate of drug-likeness (QED) is 0.326. The van der Waals surface area contributed by atoms with Gasteiger partial charge in [0.05, 0.1) is 25.6 Å². The molecule has 0 aliphatic heterocycles. The SMILES string of the molecule is COc1ccc(-c2c[nH]c(=O)n2-c2cccc(C(=O)C=Cc3ccc(F)cc3)c2)cc1OC. The summed E-state index contributed by atoms with van der Waals surface area (Å²) in [6, 6.07) is 18.0. The molecule has 0 unspecified atom stereocenters. The molecule has 1 heterocycles. The Morgan fingerprint density at radius 2 is 1.73 bits per heavy atom. The number of carbonyl (C=O) groups is 1. The first-order valence-corrected chi connectivity index (χ1v) is 10.1. The third-order valence-corrected chi connectivity index (χ3v) is 5.14. The highest BCUT2D eigenvalue weighted by molar-refractivity contribution is 6.07. The highest BCUT2D eigenvalue weighted by Crippen LogP contribution is 2.32. The second-order valence-electron chi connectivity index (χ2n) is 7.18. The molecule has 0 aliphatic carbocycles. The molecule has 1 aromatic heterocycles. The van der Waals surface area contributed by atoms with Crippen molar-refractivity contribution in [1.82, 2.24) is 9.55 Å². The van der Waals surface area contributed by atoms with E-state index in [0.29, 0.717) is 34.0 Å². The molecule has 0 amide bonds. The molecule has 0 radical (unpaired) electrons. The number of hydrogen-bond acceptors (Lipinski definition) is 4. The first kappa shape index (κ1) is 21.8. The monoisotopic (exact) mass is 444 g/mol. The second-order valence-corrected chi connectivity index (χ2v) is 7.18. The summed E-state index contributed by atoms with van der Waals surface area (Å²) in [4.78, 5) is 28.1. The molecule has 0 aliphatic rings. The van der Waals surface area contributed by atoms with Crippen molar-refractivity contribution >= 4 is 11.9 Å². The van der Waals surface area contributed by atoms with Gasteiger partial charge in [0, 0.05) is 17.3 Å². The van der Waals surface area contributed by atoms with Crippen molar-refractivity contribution in [3.05, 3.63) is 106 Å². The number of nitrogens with zero attached hydrogens (tertiary/aromatic N) is 1. The van der Waals surface area contributed by atoms with Crippen LogP contribution in [-0.2, 0) is 0 Å². The molecule has 7 heteroatoms. The molecule has 0 atom stereocenters. The largest absolute Gasteiger partial charge is 0.493 e. The summed E-state index contributed by atoms with van der Waals surface area (Å²) in [7, 11) is 3.09. The molecule has 33 heavy (non-hydrogen) atoms. The van der Waals surface area contributed by atoms with Gasteiger partial charge < -0.3 is 14.5 Å². The molecule has 3 aromatic carbocycles. The average molecular weight is 444 g/mol. The van der Waals surface area contributed by atoms with Gasteiger partial charge in [0.2, 0.25) is 0 Å². The van der Waals surface area contributed by atoms with E-state index in [1.54, 1.807) is 75.0 Å². The number of ketones is 1. The van der Waals surface area contributed by atoms with Crippen LogP contribution in [0.15, 0.2) is 83.8 Å². The first-order valence-electron chi connectivity index (χ1n) is 10.1. The van der Waals surface area contributed by atoms with Crippen LogP contribution in [0, 0.1) is 5.82 Å². The number of methoxy groups -OCH3 is 2. The smallest absolute Gasteiger partial charge is 0.330 e. The van der Waals surface area contributed by atoms with Crippen LogP contribution >= 0.6 is 0 Å². The lowest BCUT2D eigenvalue weighted by molar-refractivity contribution is 0.104. The molecule has 0 saturated carbocycles. The van der Waals surface area contributed by atoms with Gasteiger partial charge in [0.25, 0.3) is 0 Å². The Morgan fingerprint density at radius 1 is 0.970 bits per heavy atom. The van der Waals surface area contributed by atoms with Gasteiger partial charge in [0.15, 0.2) is 17.3 Å². The van der Waals surface area contributed by atoms with Gasteiger partial charge in [-0.3, -0.25) is 9.36 Å². The maximum atomic E-state index is 13.1. The predicted octanol–water partition coefficient (Wildman–Crippen LogP) is 4.89. The molecule has 166 valence electrons. The number of aromatic nitrogens is 2. The lowest BCUT2D eigenvalue weighted by Gasteiger charge is -2.12. The van der Waals surface area contributed by atoms with Crippen LogP contribution in [0.1, 0.15) is 15.9 Å². The van der Waals surface area contributed by atoms with Crippen LogP contribution in [0.3, 0.4) is 0 Å². The lowest BCUT2D eigenvalue weighted by atomic mass is 10.1. The Morgan fingerprint density at radius 3 is 2.45 bits per heavy atom. The van der Waals surface area contributed by atoms with Gasteiger partial charge in [-0.1, -0.05) is 30.3 Å². The summed E-state index contributed by atoms with van der Waals surface area (Å²) in [5.41, 5.74) is 2.65. The number of carbonyl (C=O) groups excluding carboxylic acids is 1. The average Bonchev–Trinajstić information content (AvgIpc) is 3.24. The topological polar surface area (TPSA) is 73.3 Å². The van der Waals surface area contributed by atoms with Crippen LogP contribution in [0.5, 0.6) is 11.5 Å². The van der Waals surface area contributed by atoms with Crippen molar-refractivity contribution in [2.75, 3.05) is 14.2 Å². The number of hydrogen-bond donors (Lipinski definition) is 1. The molecule has 4 aromatic rings. The molecule has 0 spiro atoms. The lowest BCUT2D eigenvalue weighted by Crippen LogP contribution is -2.16. The Hall–Kier alpha value is -4.39. The van der Waals surface area contributed by atoms with E-state index in [4.69, 9.17) is 9.47 Å². The molecule has 1 N–H and O–H groups in total. The highest BCUT2D eigenvalue weighted by Gasteiger charge is 2.14. The van der Waals surface area contributed by atoms with E-state index in [-0.39, 0.29) is 17.3 Å². The number of benzene rings is 3. The van der Waals surface area contributed by atoms with Crippen molar-refractivity contribution in [1.29, 1.82) is 0 Å². The Labute approximate surface area is 189 Å². The number of ether oxygens (including phenoxy) is 2. The number of halogens is 1. The fourth-order valence-electron chi connectivity index (χ4n) is 3.47. The minimum absolute atomic E-state index is 0.238. The first-order chi connectivity index (χ1) is 16.0. The summed E-state index contributed by atoms with van der Waals surface area (Å²) >= 11 is 0. The van der Waals surface area contributed by atoms with Gasteiger partial charge in [-0.05, 0) is 54.1 Å². The maximum Gasteiger partial charge on any atom is 0.330 e. The van der Waals surface area contributed by atoms with E-state index in [1.165, 1.54) is 22.8 Å². The van der Waals surface area contributed by atoms with Crippen molar-refractivity contribution in [3.8, 4) is 28.4 Å². The molecule has 0 fully saturated rings. The second kappa shape index (κ2) is 9.40. The Bertz CT molecular complexity index is 1380. The van der Waals surface area contributed by atoms with Crippen LogP contribution in [0.4, 0.5) is 4.39 Å². The summed E-state index contributed by atoms with van der Waals surface area (Å²) in [6.45, 7) is 0. The van der Waals surface area contributed by atoms with Gasteiger partial charge >= 0.3 is 5.69 Å². The fourth-order valence-corrected chi connectivity index (χ4v) is 3.47. The van der Waals surface area contributed by atoms with E-state index < -0.39 is 0 Å². The van der Waals surface area contributed by atoms with Gasteiger partial charge in [-0.2, -0.15) is 0 Å². The summed E-state index contributed by atoms with van der Waals surface area (Å²) < 4.78 is 25.2. The van der Waals surface area contributed by atoms with E-state index >= 15 is 0 Å². The number of allylic oxidation sites excluding steroid dienone is 1. The Kier molecular flexibility index (Phi) is 6.22. The van der Waals surface area contributed by atoms with Crippen LogP contribution in [0.2, 0.25) is 0 Å². The molecular weight excluding hydrogens is 423 g/mol. The minimum atomic E-state index is -0.341. The Balaban J connectivity index is 1.68. The highest BCUT2D eigenvalue weighted by atomic mass is 19.1. The molecule has 4 rings (SSSR count). The van der Waals surface area contributed by atoms with Gasteiger partial charge in [-0.15, -0.1) is 0 Å². The van der Waals surface area contributed by atoms with E-state index in [1.807, 2.05) is 6.07 Å². The molecule has 6 nitrogen and oxygen atoms in total. The third kappa shape index (κ3) is 4.62. The zero-order chi connectivity index (χ0) is 23.4. The van der Waals surface area contributed by atoms with Crippen molar-refractivity contribution in [2.45, 2.75) is 0 Å². The number of aromatic amines is 1. The summed E-state index contributed by atoms with van der Waals surface area (Å²) in [5.74, 6) is 0.530. The van der Waals surface area contributed by atoms with Crippen LogP contribution in [-0.4, -0.2) is 29.6 Å². The van der Waals surface area contributed by atoms with Gasteiger partial charge in [0.1, 0.15) is 5.82 Å². The zero-order valence-corrected chi connectivity index (χ0v) is 18.0. The van der Waals surface area contributed by atoms with Crippen molar-refractivity contribution < 1.29 is 18.7 Å². The third-order valence-electron chi connectivity index (χ3n) is 5.14. The normalized spacial score (nSPS) is 11.0. The number of imidazole rings is 1. The van der Waals surface area contributed by atoms with E-state index in [0.717, 1.165) is 5.56 Å². The molecular formula is C26H21FN2O4. The van der Waals surface area contributed by atoms with E-state index in [9.17, 15) is 14.0 Å². The number of rotatable bonds is 7. The summed E-state index contributed by atoms with van der Waals surface area (Å²) in [5, 5.41) is 0. The predicted molar refractivity (Wildman–Crippen MR) is 125 cm³/mol. The zero-order valence-electron chi connectivity index (χ0n) is 18.0. The van der Waals surface area contributed by atoms with Crippen molar-refractivity contribution in [2.24, 2.45) is 0 Å². The fraction of sp³-hybridized carbons (Fsp3) is 0.0769. The standard InChI is InChI=1S/C26H21FN2O4/c1-32-24-13-9-18(15-25(24)33-2)22-16-28-26(31)29(22)21-5-3-4-19(14-21)23(30)12-8-17-6-10-20(27)11-7-17/h3-16H,1-2H3,(H,28,31). The van der Waals surface area contributed by atoms with E-state index in [2.05, 4.69) is 4.98 Å². The molecule has 0 saturated heterocycles. The number of H-pyrrole nitrogens is 1.